The molecule has 0 heterocycles. The maximum absolute atomic E-state index is 7.52. The number of benzene rings is 2. The SMILES string of the molecule is CC(c1ccccc1Cl)N(C)c1ccc(C(=N)N)c(Br)c1. The number of hydrogen-bond donors (Lipinski definition) is 2. The van der Waals surface area contributed by atoms with E-state index in [0.717, 1.165) is 20.7 Å². The first-order valence-corrected chi connectivity index (χ1v) is 7.70. The van der Waals surface area contributed by atoms with Crippen LogP contribution in [0.1, 0.15) is 24.1 Å². The monoisotopic (exact) mass is 365 g/mol. The molecule has 0 saturated heterocycles. The fraction of sp³-hybridized carbons (Fsp3) is 0.188. The quantitative estimate of drug-likeness (QED) is 0.614. The molecule has 0 radical (unpaired) electrons. The first kappa shape index (κ1) is 15.9. The van der Waals surface area contributed by atoms with Crippen molar-refractivity contribution in [2.24, 2.45) is 5.73 Å². The number of rotatable bonds is 4. The van der Waals surface area contributed by atoms with Gasteiger partial charge < -0.3 is 10.6 Å². The molecule has 0 amide bonds. The molecule has 0 aliphatic rings. The van der Waals surface area contributed by atoms with Gasteiger partial charge >= 0.3 is 0 Å². The van der Waals surface area contributed by atoms with Crippen LogP contribution in [-0.4, -0.2) is 12.9 Å². The van der Waals surface area contributed by atoms with Crippen LogP contribution in [0.15, 0.2) is 46.9 Å². The van der Waals surface area contributed by atoms with Gasteiger partial charge in [-0.2, -0.15) is 0 Å². The predicted molar refractivity (Wildman–Crippen MR) is 93.4 cm³/mol. The highest BCUT2D eigenvalue weighted by Crippen LogP contribution is 2.31. The lowest BCUT2D eigenvalue weighted by Gasteiger charge is -2.28. The second-order valence-corrected chi connectivity index (χ2v) is 6.15. The lowest BCUT2D eigenvalue weighted by molar-refractivity contribution is 0.740. The van der Waals surface area contributed by atoms with E-state index in [1.54, 1.807) is 0 Å². The van der Waals surface area contributed by atoms with Crippen molar-refractivity contribution in [3.05, 3.63) is 63.1 Å². The third-order valence-corrected chi connectivity index (χ3v) is 4.59. The van der Waals surface area contributed by atoms with Gasteiger partial charge in [0, 0.05) is 27.8 Å². The summed E-state index contributed by atoms with van der Waals surface area (Å²) in [6.45, 7) is 2.11. The normalized spacial score (nSPS) is 12.0. The molecule has 0 fully saturated rings. The molecule has 2 rings (SSSR count). The van der Waals surface area contributed by atoms with Crippen molar-refractivity contribution in [1.82, 2.24) is 0 Å². The molecule has 110 valence electrons. The van der Waals surface area contributed by atoms with Crippen LogP contribution in [0.3, 0.4) is 0 Å². The van der Waals surface area contributed by atoms with E-state index >= 15 is 0 Å². The van der Waals surface area contributed by atoms with Gasteiger partial charge in [-0.15, -0.1) is 0 Å². The van der Waals surface area contributed by atoms with Crippen LogP contribution in [-0.2, 0) is 0 Å². The molecular weight excluding hydrogens is 350 g/mol. The summed E-state index contributed by atoms with van der Waals surface area (Å²) in [4.78, 5) is 2.13. The summed E-state index contributed by atoms with van der Waals surface area (Å²) in [5.41, 5.74) is 8.33. The van der Waals surface area contributed by atoms with Gasteiger partial charge in [-0.1, -0.05) is 29.8 Å². The predicted octanol–water partition coefficient (Wildman–Crippen LogP) is 4.58. The number of amidine groups is 1. The molecule has 1 unspecified atom stereocenters. The molecule has 21 heavy (non-hydrogen) atoms. The molecule has 0 aromatic heterocycles. The zero-order valence-electron chi connectivity index (χ0n) is 11.9. The number of nitrogens with two attached hydrogens (primary N) is 1. The standard InChI is InChI=1S/C16H17BrClN3/c1-10(12-5-3-4-6-15(12)18)21(2)11-7-8-13(16(19)20)14(17)9-11/h3-10H,1-2H3,(H3,19,20). The van der Waals surface area contributed by atoms with Crippen LogP contribution in [0.4, 0.5) is 5.69 Å². The van der Waals surface area contributed by atoms with Crippen LogP contribution in [0, 0.1) is 5.41 Å². The van der Waals surface area contributed by atoms with Crippen LogP contribution in [0.2, 0.25) is 5.02 Å². The van der Waals surface area contributed by atoms with Gasteiger partial charge in [0.25, 0.3) is 0 Å². The van der Waals surface area contributed by atoms with Crippen molar-refractivity contribution in [3.63, 3.8) is 0 Å². The summed E-state index contributed by atoms with van der Waals surface area (Å²) < 4.78 is 0.811. The molecular formula is C16H17BrClN3. The average molecular weight is 367 g/mol. The highest BCUT2D eigenvalue weighted by atomic mass is 79.9. The fourth-order valence-corrected chi connectivity index (χ4v) is 3.06. The summed E-state index contributed by atoms with van der Waals surface area (Å²) in [5, 5.41) is 8.28. The zero-order valence-corrected chi connectivity index (χ0v) is 14.2. The molecule has 3 N–H and O–H groups in total. The Kier molecular flexibility index (Phi) is 4.91. The van der Waals surface area contributed by atoms with E-state index < -0.39 is 0 Å². The molecule has 2 aromatic carbocycles. The van der Waals surface area contributed by atoms with Crippen molar-refractivity contribution in [3.8, 4) is 0 Å². The van der Waals surface area contributed by atoms with Gasteiger partial charge in [0.15, 0.2) is 0 Å². The lowest BCUT2D eigenvalue weighted by Crippen LogP contribution is -2.22. The van der Waals surface area contributed by atoms with Gasteiger partial charge in [0.1, 0.15) is 5.84 Å². The van der Waals surface area contributed by atoms with Crippen molar-refractivity contribution >= 4 is 39.1 Å². The third-order valence-electron chi connectivity index (χ3n) is 3.59. The Hall–Kier alpha value is -1.52. The van der Waals surface area contributed by atoms with Crippen molar-refractivity contribution in [2.75, 3.05) is 11.9 Å². The zero-order chi connectivity index (χ0) is 15.6. The number of hydrogen-bond acceptors (Lipinski definition) is 2. The highest BCUT2D eigenvalue weighted by molar-refractivity contribution is 9.10. The topological polar surface area (TPSA) is 53.1 Å². The average Bonchev–Trinajstić information content (AvgIpc) is 2.45. The Morgan fingerprint density at radius 3 is 2.52 bits per heavy atom. The largest absolute Gasteiger partial charge is 0.384 e. The molecule has 0 saturated carbocycles. The molecule has 2 aromatic rings. The van der Waals surface area contributed by atoms with Crippen molar-refractivity contribution < 1.29 is 0 Å². The minimum Gasteiger partial charge on any atom is -0.384 e. The van der Waals surface area contributed by atoms with Crippen LogP contribution in [0.25, 0.3) is 0 Å². The third kappa shape index (κ3) is 3.39. The minimum absolute atomic E-state index is 0.0511. The van der Waals surface area contributed by atoms with E-state index in [4.69, 9.17) is 22.7 Å². The summed E-state index contributed by atoms with van der Waals surface area (Å²) in [5.74, 6) is 0.0511. The minimum atomic E-state index is 0.0511. The highest BCUT2D eigenvalue weighted by Gasteiger charge is 2.16. The van der Waals surface area contributed by atoms with Gasteiger partial charge in [0.2, 0.25) is 0 Å². The summed E-state index contributed by atoms with van der Waals surface area (Å²) in [6, 6.07) is 13.7. The number of halogens is 2. The number of nitrogen functional groups attached to an aromatic ring is 1. The summed E-state index contributed by atoms with van der Waals surface area (Å²) >= 11 is 9.73. The molecule has 0 spiro atoms. The van der Waals surface area contributed by atoms with E-state index in [-0.39, 0.29) is 11.9 Å². The molecule has 0 bridgehead atoms. The molecule has 0 aliphatic heterocycles. The molecule has 1 atom stereocenters. The van der Waals surface area contributed by atoms with E-state index in [0.29, 0.717) is 5.56 Å². The Labute approximate surface area is 138 Å². The number of nitrogens with zero attached hydrogens (tertiary/aromatic N) is 1. The van der Waals surface area contributed by atoms with Crippen molar-refractivity contribution in [1.29, 1.82) is 5.41 Å². The second-order valence-electron chi connectivity index (χ2n) is 4.89. The van der Waals surface area contributed by atoms with Crippen molar-refractivity contribution in [2.45, 2.75) is 13.0 Å². The van der Waals surface area contributed by atoms with E-state index in [1.807, 2.05) is 49.5 Å². The van der Waals surface area contributed by atoms with Gasteiger partial charge in [-0.05, 0) is 52.7 Å². The Morgan fingerprint density at radius 1 is 1.29 bits per heavy atom. The first-order chi connectivity index (χ1) is 9.91. The number of anilines is 1. The fourth-order valence-electron chi connectivity index (χ4n) is 2.19. The molecule has 5 heteroatoms. The second kappa shape index (κ2) is 6.50. The van der Waals surface area contributed by atoms with Crippen LogP contribution < -0.4 is 10.6 Å². The van der Waals surface area contributed by atoms with Crippen LogP contribution in [0.5, 0.6) is 0 Å². The van der Waals surface area contributed by atoms with Gasteiger partial charge in [0.05, 0.1) is 6.04 Å². The molecule has 0 aliphatic carbocycles. The smallest absolute Gasteiger partial charge is 0.123 e. The maximum atomic E-state index is 7.52. The van der Waals surface area contributed by atoms with E-state index in [2.05, 4.69) is 27.8 Å². The summed E-state index contributed by atoms with van der Waals surface area (Å²) in [6.07, 6.45) is 0. The maximum Gasteiger partial charge on any atom is 0.123 e. The lowest BCUT2D eigenvalue weighted by atomic mass is 10.1. The van der Waals surface area contributed by atoms with Crippen LogP contribution >= 0.6 is 27.5 Å². The first-order valence-electron chi connectivity index (χ1n) is 6.53. The summed E-state index contributed by atoms with van der Waals surface area (Å²) in [7, 11) is 2.02. The Morgan fingerprint density at radius 2 is 1.95 bits per heavy atom. The van der Waals surface area contributed by atoms with Gasteiger partial charge in [-0.25, -0.2) is 0 Å². The van der Waals surface area contributed by atoms with E-state index in [9.17, 15) is 0 Å². The van der Waals surface area contributed by atoms with Gasteiger partial charge in [-0.3, -0.25) is 5.41 Å². The Bertz CT molecular complexity index is 672. The molecule has 3 nitrogen and oxygen atoms in total. The number of nitrogens with one attached hydrogen (secondary N) is 1. The Balaban J connectivity index is 2.32. The van der Waals surface area contributed by atoms with E-state index in [1.165, 1.54) is 0 Å².